The van der Waals surface area contributed by atoms with E-state index in [0.717, 1.165) is 19.7 Å². The number of hydrogen-bond acceptors (Lipinski definition) is 4. The fourth-order valence-corrected chi connectivity index (χ4v) is 2.97. The van der Waals surface area contributed by atoms with Gasteiger partial charge in [0.25, 0.3) is 5.69 Å². The van der Waals surface area contributed by atoms with Crippen molar-refractivity contribution in [1.82, 2.24) is 4.98 Å². The van der Waals surface area contributed by atoms with Crippen molar-refractivity contribution in [3.05, 3.63) is 67.6 Å². The smallest absolute Gasteiger partial charge is 0.258 e. The predicted molar refractivity (Wildman–Crippen MR) is 89.3 cm³/mol. The molecule has 0 N–H and O–H groups in total. The van der Waals surface area contributed by atoms with E-state index in [-0.39, 0.29) is 5.69 Å². The molecule has 0 aliphatic carbocycles. The maximum atomic E-state index is 10.8. The standard InChI is InChI=1S/C15H9BrN2O2S/c16-11-4-1-10(2-5-11)3-8-15-17-13-9-12(18(19)20)6-7-14(13)21-15/h1-9H/b8-3+. The van der Waals surface area contributed by atoms with Crippen LogP contribution in [0.2, 0.25) is 0 Å². The molecule has 6 heteroatoms. The van der Waals surface area contributed by atoms with Crippen molar-refractivity contribution >= 4 is 55.3 Å². The molecule has 0 saturated carbocycles. The highest BCUT2D eigenvalue weighted by molar-refractivity contribution is 9.10. The van der Waals surface area contributed by atoms with Crippen LogP contribution in [-0.2, 0) is 0 Å². The molecular formula is C15H9BrN2O2S. The minimum atomic E-state index is -0.407. The molecule has 21 heavy (non-hydrogen) atoms. The van der Waals surface area contributed by atoms with Crippen LogP contribution in [0, 0.1) is 10.1 Å². The number of fused-ring (bicyclic) bond motifs is 1. The molecule has 104 valence electrons. The van der Waals surface area contributed by atoms with Crippen molar-refractivity contribution in [2.45, 2.75) is 0 Å². The Balaban J connectivity index is 1.90. The van der Waals surface area contributed by atoms with Gasteiger partial charge in [-0.15, -0.1) is 11.3 Å². The van der Waals surface area contributed by atoms with Gasteiger partial charge in [0.2, 0.25) is 0 Å². The number of hydrogen-bond donors (Lipinski definition) is 0. The SMILES string of the molecule is O=[N+]([O-])c1ccc2sc(/C=C/c3ccc(Br)cc3)nc2c1. The molecule has 0 amide bonds. The first-order valence-corrected chi connectivity index (χ1v) is 7.71. The van der Waals surface area contributed by atoms with Crippen LogP contribution >= 0.6 is 27.3 Å². The van der Waals surface area contributed by atoms with E-state index >= 15 is 0 Å². The first-order valence-electron chi connectivity index (χ1n) is 6.10. The number of thiazole rings is 1. The van der Waals surface area contributed by atoms with Gasteiger partial charge in [0, 0.05) is 16.6 Å². The van der Waals surface area contributed by atoms with Crippen LogP contribution in [0.3, 0.4) is 0 Å². The third-order valence-electron chi connectivity index (χ3n) is 2.89. The fourth-order valence-electron chi connectivity index (χ4n) is 1.86. The highest BCUT2D eigenvalue weighted by Gasteiger charge is 2.09. The van der Waals surface area contributed by atoms with E-state index < -0.39 is 4.92 Å². The van der Waals surface area contributed by atoms with Gasteiger partial charge in [-0.3, -0.25) is 10.1 Å². The third kappa shape index (κ3) is 3.17. The average molecular weight is 361 g/mol. The highest BCUT2D eigenvalue weighted by atomic mass is 79.9. The lowest BCUT2D eigenvalue weighted by molar-refractivity contribution is -0.384. The Labute approximate surface area is 133 Å². The number of nitrogens with zero attached hydrogens (tertiary/aromatic N) is 2. The summed E-state index contributed by atoms with van der Waals surface area (Å²) in [6.45, 7) is 0. The second-order valence-electron chi connectivity index (χ2n) is 4.35. The van der Waals surface area contributed by atoms with E-state index in [1.54, 1.807) is 6.07 Å². The van der Waals surface area contributed by atoms with Gasteiger partial charge >= 0.3 is 0 Å². The molecule has 3 aromatic rings. The second-order valence-corrected chi connectivity index (χ2v) is 6.32. The quantitative estimate of drug-likeness (QED) is 0.480. The number of nitro groups is 1. The molecule has 2 aromatic carbocycles. The second kappa shape index (κ2) is 5.75. The molecule has 0 spiro atoms. The number of halogens is 1. The molecule has 0 aliphatic rings. The minimum absolute atomic E-state index is 0.0660. The lowest BCUT2D eigenvalue weighted by Gasteiger charge is -1.92. The number of nitro benzene ring substituents is 1. The zero-order valence-electron chi connectivity index (χ0n) is 10.7. The van der Waals surface area contributed by atoms with Gasteiger partial charge in [-0.25, -0.2) is 4.98 Å². The van der Waals surface area contributed by atoms with Crippen LogP contribution in [0.15, 0.2) is 46.9 Å². The van der Waals surface area contributed by atoms with E-state index in [4.69, 9.17) is 0 Å². The number of aromatic nitrogens is 1. The molecule has 0 saturated heterocycles. The Morgan fingerprint density at radius 3 is 2.62 bits per heavy atom. The van der Waals surface area contributed by atoms with Crippen LogP contribution in [0.5, 0.6) is 0 Å². The number of rotatable bonds is 3. The molecule has 0 bridgehead atoms. The molecule has 3 rings (SSSR count). The van der Waals surface area contributed by atoms with Crippen molar-refractivity contribution in [2.75, 3.05) is 0 Å². The van der Waals surface area contributed by atoms with Gasteiger partial charge in [-0.2, -0.15) is 0 Å². The van der Waals surface area contributed by atoms with Crippen molar-refractivity contribution in [1.29, 1.82) is 0 Å². The summed E-state index contributed by atoms with van der Waals surface area (Å²) in [6.07, 6.45) is 3.89. The van der Waals surface area contributed by atoms with Gasteiger partial charge in [0.15, 0.2) is 0 Å². The van der Waals surface area contributed by atoms with E-state index in [1.165, 1.54) is 23.5 Å². The van der Waals surface area contributed by atoms with Gasteiger partial charge in [-0.05, 0) is 29.8 Å². The van der Waals surface area contributed by atoms with Crippen molar-refractivity contribution in [3.63, 3.8) is 0 Å². The summed E-state index contributed by atoms with van der Waals surface area (Å²) in [5, 5.41) is 11.6. The van der Waals surface area contributed by atoms with Gasteiger partial charge in [-0.1, -0.05) is 34.1 Å². The molecule has 0 atom stereocenters. The summed E-state index contributed by atoms with van der Waals surface area (Å²) in [5.74, 6) is 0. The van der Waals surface area contributed by atoms with E-state index in [2.05, 4.69) is 20.9 Å². The summed E-state index contributed by atoms with van der Waals surface area (Å²) in [6, 6.07) is 12.7. The van der Waals surface area contributed by atoms with E-state index in [1.807, 2.05) is 36.4 Å². The Hall–Kier alpha value is -2.05. The van der Waals surface area contributed by atoms with Gasteiger partial charge < -0.3 is 0 Å². The summed E-state index contributed by atoms with van der Waals surface area (Å²) in [5.41, 5.74) is 1.80. The number of benzene rings is 2. The molecule has 1 heterocycles. The molecule has 0 unspecified atom stereocenters. The normalized spacial score (nSPS) is 11.3. The molecular weight excluding hydrogens is 352 g/mol. The Morgan fingerprint density at radius 2 is 1.90 bits per heavy atom. The largest absolute Gasteiger partial charge is 0.271 e. The summed E-state index contributed by atoms with van der Waals surface area (Å²) in [7, 11) is 0. The summed E-state index contributed by atoms with van der Waals surface area (Å²) < 4.78 is 1.98. The molecule has 0 aliphatic heterocycles. The van der Waals surface area contributed by atoms with E-state index in [9.17, 15) is 10.1 Å². The highest BCUT2D eigenvalue weighted by Crippen LogP contribution is 2.27. The first kappa shape index (κ1) is 13.9. The molecule has 0 fully saturated rings. The van der Waals surface area contributed by atoms with Crippen LogP contribution in [0.1, 0.15) is 10.6 Å². The van der Waals surface area contributed by atoms with Crippen molar-refractivity contribution < 1.29 is 4.92 Å². The van der Waals surface area contributed by atoms with Crippen LogP contribution in [-0.4, -0.2) is 9.91 Å². The fraction of sp³-hybridized carbons (Fsp3) is 0. The lowest BCUT2D eigenvalue weighted by atomic mass is 10.2. The van der Waals surface area contributed by atoms with Gasteiger partial charge in [0.05, 0.1) is 15.1 Å². The minimum Gasteiger partial charge on any atom is -0.258 e. The van der Waals surface area contributed by atoms with Gasteiger partial charge in [0.1, 0.15) is 5.01 Å². The maximum Gasteiger partial charge on any atom is 0.271 e. The summed E-state index contributed by atoms with van der Waals surface area (Å²) in [4.78, 5) is 14.8. The third-order valence-corrected chi connectivity index (χ3v) is 4.42. The lowest BCUT2D eigenvalue weighted by Crippen LogP contribution is -1.86. The Kier molecular flexibility index (Phi) is 3.81. The van der Waals surface area contributed by atoms with Crippen LogP contribution in [0.4, 0.5) is 5.69 Å². The summed E-state index contributed by atoms with van der Waals surface area (Å²) >= 11 is 4.90. The van der Waals surface area contributed by atoms with Crippen molar-refractivity contribution in [2.24, 2.45) is 0 Å². The van der Waals surface area contributed by atoms with Crippen LogP contribution in [0.25, 0.3) is 22.4 Å². The molecule has 0 radical (unpaired) electrons. The zero-order valence-corrected chi connectivity index (χ0v) is 13.1. The van der Waals surface area contributed by atoms with Crippen LogP contribution < -0.4 is 0 Å². The maximum absolute atomic E-state index is 10.8. The first-order chi connectivity index (χ1) is 10.1. The molecule has 4 nitrogen and oxygen atoms in total. The molecule has 1 aromatic heterocycles. The monoisotopic (exact) mass is 360 g/mol. The topological polar surface area (TPSA) is 56.0 Å². The predicted octanol–water partition coefficient (Wildman–Crippen LogP) is 5.14. The Morgan fingerprint density at radius 1 is 1.14 bits per heavy atom. The van der Waals surface area contributed by atoms with E-state index in [0.29, 0.717) is 5.52 Å². The zero-order chi connectivity index (χ0) is 14.8. The average Bonchev–Trinajstić information content (AvgIpc) is 2.88. The Bertz CT molecular complexity index is 841. The number of non-ortho nitro benzene ring substituents is 1. The van der Waals surface area contributed by atoms with Crippen molar-refractivity contribution in [3.8, 4) is 0 Å².